The molecule has 2 N–H and O–H groups in total. The van der Waals surface area contributed by atoms with Gasteiger partial charge in [0.05, 0.1) is 18.6 Å². The Kier molecular flexibility index (Phi) is 5.06. The van der Waals surface area contributed by atoms with Crippen LogP contribution in [0.5, 0.6) is 0 Å². The minimum atomic E-state index is -0.682. The molecular weight excluding hydrogens is 344 g/mol. The van der Waals surface area contributed by atoms with Crippen LogP contribution in [0.15, 0.2) is 28.0 Å². The van der Waals surface area contributed by atoms with Gasteiger partial charge in [0.2, 0.25) is 0 Å². The smallest absolute Gasteiger partial charge is 0.400 e. The van der Waals surface area contributed by atoms with E-state index in [4.69, 9.17) is 4.42 Å². The molecule has 11 heteroatoms. The van der Waals surface area contributed by atoms with Gasteiger partial charge in [-0.05, 0) is 25.3 Å². The number of rotatable bonds is 5. The molecule has 0 atom stereocenters. The maximum Gasteiger partial charge on any atom is 0.433 e. The lowest BCUT2D eigenvalue weighted by atomic mass is 10.1. The number of nitro groups is 1. The summed E-state index contributed by atoms with van der Waals surface area (Å²) >= 11 is 0. The highest BCUT2D eigenvalue weighted by Gasteiger charge is 2.25. The predicted octanol–water partition coefficient (Wildman–Crippen LogP) is 1.30. The number of nitrogens with one attached hydrogen (secondary N) is 2. The number of carbonyl (C=O) groups is 2. The molecule has 136 valence electrons. The van der Waals surface area contributed by atoms with Crippen LogP contribution >= 0.6 is 0 Å². The van der Waals surface area contributed by atoms with Crippen molar-refractivity contribution in [2.45, 2.75) is 19.3 Å². The Hall–Kier alpha value is -3.50. The zero-order valence-corrected chi connectivity index (χ0v) is 13.7. The standard InChI is InChI=1S/C15H16N6O5/c22-14(19-18-8-10-4-5-11(26-10)21(24)25)12-13(17-9-16-12)15(23)20-6-2-1-3-7-20/h4-5,8-9H,1-3,6-7H2,(H,16,17)(H,19,22). The number of carbonyl (C=O) groups excluding carboxylic acids is 2. The second-order valence-electron chi connectivity index (χ2n) is 5.61. The molecule has 1 fully saturated rings. The van der Waals surface area contributed by atoms with Crippen LogP contribution in [0.3, 0.4) is 0 Å². The summed E-state index contributed by atoms with van der Waals surface area (Å²) in [6, 6.07) is 2.51. The van der Waals surface area contributed by atoms with Crippen LogP contribution in [0.4, 0.5) is 5.88 Å². The number of imidazole rings is 1. The van der Waals surface area contributed by atoms with Gasteiger partial charge in [-0.15, -0.1) is 0 Å². The number of hydrogen-bond acceptors (Lipinski definition) is 7. The molecule has 2 aromatic heterocycles. The number of aromatic amines is 1. The molecule has 0 saturated carbocycles. The van der Waals surface area contributed by atoms with Crippen LogP contribution in [-0.4, -0.2) is 50.9 Å². The van der Waals surface area contributed by atoms with E-state index >= 15 is 0 Å². The third-order valence-corrected chi connectivity index (χ3v) is 3.86. The summed E-state index contributed by atoms with van der Waals surface area (Å²) in [7, 11) is 0. The molecule has 1 aliphatic rings. The summed E-state index contributed by atoms with van der Waals surface area (Å²) in [5.41, 5.74) is 2.26. The summed E-state index contributed by atoms with van der Waals surface area (Å²) in [5, 5.41) is 14.2. The Balaban J connectivity index is 1.65. The minimum absolute atomic E-state index is 0.0665. The lowest BCUT2D eigenvalue weighted by molar-refractivity contribution is -0.402. The molecule has 0 radical (unpaired) electrons. The number of aromatic nitrogens is 2. The highest BCUT2D eigenvalue weighted by Crippen LogP contribution is 2.15. The van der Waals surface area contributed by atoms with E-state index in [1.54, 1.807) is 4.90 Å². The summed E-state index contributed by atoms with van der Waals surface area (Å²) < 4.78 is 4.88. The first kappa shape index (κ1) is 17.3. The van der Waals surface area contributed by atoms with E-state index in [9.17, 15) is 19.7 Å². The minimum Gasteiger partial charge on any atom is -0.400 e. The van der Waals surface area contributed by atoms with Crippen molar-refractivity contribution in [3.8, 4) is 0 Å². The van der Waals surface area contributed by atoms with Gasteiger partial charge in [0.1, 0.15) is 10.6 Å². The molecule has 3 heterocycles. The van der Waals surface area contributed by atoms with Gasteiger partial charge in [-0.3, -0.25) is 19.7 Å². The van der Waals surface area contributed by atoms with Crippen molar-refractivity contribution >= 4 is 23.9 Å². The van der Waals surface area contributed by atoms with Gasteiger partial charge in [0.15, 0.2) is 11.5 Å². The average molecular weight is 360 g/mol. The Morgan fingerprint density at radius 1 is 1.35 bits per heavy atom. The second kappa shape index (κ2) is 7.59. The van der Waals surface area contributed by atoms with Crippen LogP contribution in [0.2, 0.25) is 0 Å². The van der Waals surface area contributed by atoms with Gasteiger partial charge in [-0.1, -0.05) is 0 Å². The van der Waals surface area contributed by atoms with Gasteiger partial charge >= 0.3 is 5.88 Å². The number of nitrogens with zero attached hydrogens (tertiary/aromatic N) is 4. The van der Waals surface area contributed by atoms with Crippen molar-refractivity contribution in [1.82, 2.24) is 20.3 Å². The Bertz CT molecular complexity index is 848. The zero-order chi connectivity index (χ0) is 18.5. The lowest BCUT2D eigenvalue weighted by Crippen LogP contribution is -2.37. The third-order valence-electron chi connectivity index (χ3n) is 3.86. The molecule has 2 amide bonds. The molecule has 0 bridgehead atoms. The molecule has 0 aromatic carbocycles. The van der Waals surface area contributed by atoms with Crippen LogP contribution in [0.25, 0.3) is 0 Å². The number of hydrazone groups is 1. The van der Waals surface area contributed by atoms with Crippen molar-refractivity contribution in [1.29, 1.82) is 0 Å². The van der Waals surface area contributed by atoms with Crippen molar-refractivity contribution in [2.24, 2.45) is 5.10 Å². The largest absolute Gasteiger partial charge is 0.433 e. The Morgan fingerprint density at radius 2 is 2.12 bits per heavy atom. The highest BCUT2D eigenvalue weighted by molar-refractivity contribution is 6.04. The molecule has 0 spiro atoms. The van der Waals surface area contributed by atoms with Crippen LogP contribution < -0.4 is 5.43 Å². The molecule has 0 aliphatic carbocycles. The first-order chi connectivity index (χ1) is 12.6. The number of H-pyrrole nitrogens is 1. The number of piperidine rings is 1. The molecule has 2 aromatic rings. The van der Waals surface area contributed by atoms with Crippen molar-refractivity contribution < 1.29 is 18.9 Å². The Morgan fingerprint density at radius 3 is 2.81 bits per heavy atom. The van der Waals surface area contributed by atoms with E-state index in [1.165, 1.54) is 18.5 Å². The van der Waals surface area contributed by atoms with Crippen LogP contribution in [0.1, 0.15) is 46.0 Å². The first-order valence-electron chi connectivity index (χ1n) is 7.96. The summed E-state index contributed by atoms with van der Waals surface area (Å²) in [4.78, 5) is 42.8. The maximum absolute atomic E-state index is 12.5. The fourth-order valence-corrected chi connectivity index (χ4v) is 2.60. The van der Waals surface area contributed by atoms with Gasteiger partial charge in [-0.25, -0.2) is 10.4 Å². The summed E-state index contributed by atoms with van der Waals surface area (Å²) in [6.07, 6.45) is 5.33. The fraction of sp³-hybridized carbons (Fsp3) is 0.333. The molecule has 3 rings (SSSR count). The van der Waals surface area contributed by atoms with Gasteiger partial charge < -0.3 is 14.3 Å². The van der Waals surface area contributed by atoms with E-state index in [0.717, 1.165) is 25.5 Å². The van der Waals surface area contributed by atoms with E-state index < -0.39 is 16.7 Å². The molecule has 11 nitrogen and oxygen atoms in total. The van der Waals surface area contributed by atoms with Crippen molar-refractivity contribution in [3.63, 3.8) is 0 Å². The maximum atomic E-state index is 12.5. The first-order valence-corrected chi connectivity index (χ1v) is 7.96. The SMILES string of the molecule is O=C(NN=Cc1ccc([N+](=O)[O-])o1)c1nc[nH]c1C(=O)N1CCCCC1. The average Bonchev–Trinajstić information content (AvgIpc) is 3.31. The topological polar surface area (TPSA) is 147 Å². The Labute approximate surface area is 147 Å². The van der Waals surface area contributed by atoms with E-state index in [2.05, 4.69) is 20.5 Å². The monoisotopic (exact) mass is 360 g/mol. The fourth-order valence-electron chi connectivity index (χ4n) is 2.60. The quantitative estimate of drug-likeness (QED) is 0.467. The lowest BCUT2D eigenvalue weighted by Gasteiger charge is -2.26. The second-order valence-corrected chi connectivity index (χ2v) is 5.61. The van der Waals surface area contributed by atoms with Gasteiger partial charge in [0, 0.05) is 13.1 Å². The van der Waals surface area contributed by atoms with Gasteiger partial charge in [0.25, 0.3) is 11.8 Å². The van der Waals surface area contributed by atoms with E-state index in [-0.39, 0.29) is 23.1 Å². The molecule has 1 aliphatic heterocycles. The summed E-state index contributed by atoms with van der Waals surface area (Å²) in [5.74, 6) is -1.29. The zero-order valence-electron chi connectivity index (χ0n) is 13.7. The van der Waals surface area contributed by atoms with Gasteiger partial charge in [-0.2, -0.15) is 5.10 Å². The van der Waals surface area contributed by atoms with E-state index in [0.29, 0.717) is 13.1 Å². The molecule has 26 heavy (non-hydrogen) atoms. The number of furan rings is 1. The summed E-state index contributed by atoms with van der Waals surface area (Å²) in [6.45, 7) is 1.29. The normalized spacial score (nSPS) is 14.5. The predicted molar refractivity (Wildman–Crippen MR) is 88.8 cm³/mol. The van der Waals surface area contributed by atoms with Crippen molar-refractivity contribution in [3.05, 3.63) is 45.7 Å². The number of hydrogen-bond donors (Lipinski definition) is 2. The molecule has 1 saturated heterocycles. The highest BCUT2D eigenvalue weighted by atomic mass is 16.6. The van der Waals surface area contributed by atoms with Crippen LogP contribution in [0, 0.1) is 10.1 Å². The van der Waals surface area contributed by atoms with Crippen molar-refractivity contribution in [2.75, 3.05) is 13.1 Å². The number of amides is 2. The van der Waals surface area contributed by atoms with E-state index in [1.807, 2.05) is 0 Å². The third kappa shape index (κ3) is 3.77. The molecular formula is C15H16N6O5. The number of likely N-dealkylation sites (tertiary alicyclic amines) is 1. The van der Waals surface area contributed by atoms with Crippen LogP contribution in [-0.2, 0) is 0 Å². The molecule has 0 unspecified atom stereocenters.